The van der Waals surface area contributed by atoms with Crippen LogP contribution < -0.4 is 9.47 Å². The first-order valence-corrected chi connectivity index (χ1v) is 8.53. The molecule has 0 saturated heterocycles. The lowest BCUT2D eigenvalue weighted by atomic mass is 9.79. The van der Waals surface area contributed by atoms with Gasteiger partial charge >= 0.3 is 5.97 Å². The fourth-order valence-electron chi connectivity index (χ4n) is 3.83. The zero-order valence-corrected chi connectivity index (χ0v) is 14.5. The van der Waals surface area contributed by atoms with E-state index in [4.69, 9.17) is 9.47 Å². The molecule has 134 valence electrons. The molecule has 6 heteroatoms. The molecule has 26 heavy (non-hydrogen) atoms. The molecule has 6 nitrogen and oxygen atoms in total. The van der Waals surface area contributed by atoms with Crippen LogP contribution in [0.4, 0.5) is 0 Å². The Kier molecular flexibility index (Phi) is 3.83. The van der Waals surface area contributed by atoms with Crippen molar-refractivity contribution in [3.8, 4) is 11.5 Å². The third kappa shape index (κ3) is 2.41. The highest BCUT2D eigenvalue weighted by molar-refractivity contribution is 6.00. The van der Waals surface area contributed by atoms with Gasteiger partial charge in [0, 0.05) is 11.6 Å². The summed E-state index contributed by atoms with van der Waals surface area (Å²) in [6, 6.07) is 11.5. The van der Waals surface area contributed by atoms with Gasteiger partial charge in [0.1, 0.15) is 5.92 Å². The summed E-state index contributed by atoms with van der Waals surface area (Å²) in [6.07, 6.45) is 0. The number of aliphatic carboxylic acids is 1. The average Bonchev–Trinajstić information content (AvgIpc) is 3.08. The van der Waals surface area contributed by atoms with Gasteiger partial charge in [0.25, 0.3) is 5.91 Å². The standard InChI is InChI=1S/C20H19NO5/c1-11(2)21-18(12-7-8-15-16(9-12)26-10-25-15)17(20(23)24)13-5-3-4-6-14(13)19(21)22/h3-9,11,17-18H,10H2,1-2H3,(H,23,24)/t17-,18-/m0/s1. The predicted octanol–water partition coefficient (Wildman–Crippen LogP) is 3.19. The van der Waals surface area contributed by atoms with Crippen LogP contribution in [0, 0.1) is 0 Å². The van der Waals surface area contributed by atoms with Gasteiger partial charge < -0.3 is 19.5 Å². The molecule has 2 aliphatic heterocycles. The van der Waals surface area contributed by atoms with Gasteiger partial charge in [-0.2, -0.15) is 0 Å². The number of ether oxygens (including phenoxy) is 2. The molecule has 2 heterocycles. The number of nitrogens with zero attached hydrogens (tertiary/aromatic N) is 1. The molecule has 4 rings (SSSR count). The molecule has 0 aromatic heterocycles. The first-order chi connectivity index (χ1) is 12.5. The second-order valence-corrected chi connectivity index (χ2v) is 6.77. The third-order valence-electron chi connectivity index (χ3n) is 4.94. The maximum Gasteiger partial charge on any atom is 0.313 e. The number of carboxylic acids is 1. The fraction of sp³-hybridized carbons (Fsp3) is 0.300. The highest BCUT2D eigenvalue weighted by Crippen LogP contribution is 2.46. The SMILES string of the molecule is CC(C)N1C(=O)c2ccccc2[C@H](C(=O)O)[C@@H]1c1ccc2c(c1)OCO2. The van der Waals surface area contributed by atoms with Gasteiger partial charge in [0.15, 0.2) is 11.5 Å². The van der Waals surface area contributed by atoms with Gasteiger partial charge in [-0.25, -0.2) is 0 Å². The maximum absolute atomic E-state index is 13.1. The monoisotopic (exact) mass is 353 g/mol. The van der Waals surface area contributed by atoms with Crippen LogP contribution in [-0.2, 0) is 4.79 Å². The number of benzene rings is 2. The molecule has 0 unspecified atom stereocenters. The largest absolute Gasteiger partial charge is 0.481 e. The number of hydrogen-bond donors (Lipinski definition) is 1. The normalized spacial score (nSPS) is 21.0. The van der Waals surface area contributed by atoms with Gasteiger partial charge in [0.2, 0.25) is 6.79 Å². The molecule has 0 bridgehead atoms. The second kappa shape index (κ2) is 6.05. The molecule has 0 aliphatic carbocycles. The second-order valence-electron chi connectivity index (χ2n) is 6.77. The first kappa shape index (κ1) is 16.4. The van der Waals surface area contributed by atoms with Gasteiger partial charge in [-0.15, -0.1) is 0 Å². The van der Waals surface area contributed by atoms with Gasteiger partial charge in [-0.05, 0) is 43.2 Å². The molecule has 2 aromatic rings. The van der Waals surface area contributed by atoms with Crippen molar-refractivity contribution in [2.75, 3.05) is 6.79 Å². The van der Waals surface area contributed by atoms with Crippen molar-refractivity contribution in [1.82, 2.24) is 4.90 Å². The van der Waals surface area contributed by atoms with Crippen LogP contribution in [0.15, 0.2) is 42.5 Å². The summed E-state index contributed by atoms with van der Waals surface area (Å²) in [7, 11) is 0. The molecular formula is C20H19NO5. The minimum Gasteiger partial charge on any atom is -0.481 e. The van der Waals surface area contributed by atoms with Crippen LogP contribution in [0.3, 0.4) is 0 Å². The minimum absolute atomic E-state index is 0.140. The number of carboxylic acid groups (broad SMARTS) is 1. The molecule has 0 fully saturated rings. The molecule has 0 spiro atoms. The maximum atomic E-state index is 13.1. The third-order valence-corrected chi connectivity index (χ3v) is 4.94. The molecule has 0 saturated carbocycles. The van der Waals surface area contributed by atoms with Crippen LogP contribution in [0.25, 0.3) is 0 Å². The van der Waals surface area contributed by atoms with Crippen LogP contribution in [0.5, 0.6) is 11.5 Å². The van der Waals surface area contributed by atoms with E-state index < -0.39 is 17.9 Å². The van der Waals surface area contributed by atoms with Crippen molar-refractivity contribution in [3.05, 3.63) is 59.2 Å². The van der Waals surface area contributed by atoms with E-state index in [9.17, 15) is 14.7 Å². The Labute approximate surface area is 151 Å². The minimum atomic E-state index is -0.960. The van der Waals surface area contributed by atoms with E-state index in [1.165, 1.54) is 0 Å². The summed E-state index contributed by atoms with van der Waals surface area (Å²) in [6.45, 7) is 3.93. The topological polar surface area (TPSA) is 76.1 Å². The number of hydrogen-bond acceptors (Lipinski definition) is 4. The van der Waals surface area contributed by atoms with Crippen molar-refractivity contribution in [2.45, 2.75) is 31.8 Å². The number of carbonyl (C=O) groups excluding carboxylic acids is 1. The smallest absolute Gasteiger partial charge is 0.313 e. The lowest BCUT2D eigenvalue weighted by Crippen LogP contribution is -2.48. The van der Waals surface area contributed by atoms with Crippen molar-refractivity contribution in [3.63, 3.8) is 0 Å². The molecule has 1 amide bonds. The van der Waals surface area contributed by atoms with E-state index in [-0.39, 0.29) is 18.7 Å². The highest BCUT2D eigenvalue weighted by Gasteiger charge is 2.45. The van der Waals surface area contributed by atoms with Crippen LogP contribution in [0.2, 0.25) is 0 Å². The number of amides is 1. The number of rotatable bonds is 3. The van der Waals surface area contributed by atoms with Crippen LogP contribution in [0.1, 0.15) is 47.3 Å². The summed E-state index contributed by atoms with van der Waals surface area (Å²) in [5.74, 6) is -0.776. The Bertz CT molecular complexity index is 892. The van der Waals surface area contributed by atoms with Gasteiger partial charge in [-0.1, -0.05) is 24.3 Å². The zero-order chi connectivity index (χ0) is 18.4. The van der Waals surface area contributed by atoms with Crippen molar-refractivity contribution >= 4 is 11.9 Å². The Morgan fingerprint density at radius 3 is 2.62 bits per heavy atom. The average molecular weight is 353 g/mol. The molecule has 2 aromatic carbocycles. The molecule has 0 radical (unpaired) electrons. The summed E-state index contributed by atoms with van der Waals surface area (Å²) >= 11 is 0. The molecule has 1 N–H and O–H groups in total. The van der Waals surface area contributed by atoms with E-state index in [0.717, 1.165) is 5.56 Å². The van der Waals surface area contributed by atoms with Crippen LogP contribution in [-0.4, -0.2) is 34.7 Å². The Hall–Kier alpha value is -3.02. The zero-order valence-electron chi connectivity index (χ0n) is 14.5. The predicted molar refractivity (Wildman–Crippen MR) is 93.4 cm³/mol. The van der Waals surface area contributed by atoms with Gasteiger partial charge in [0.05, 0.1) is 6.04 Å². The Morgan fingerprint density at radius 1 is 1.15 bits per heavy atom. The summed E-state index contributed by atoms with van der Waals surface area (Å²) in [5.41, 5.74) is 1.72. The van der Waals surface area contributed by atoms with Crippen LogP contribution >= 0.6 is 0 Å². The lowest BCUT2D eigenvalue weighted by molar-refractivity contribution is -0.140. The quantitative estimate of drug-likeness (QED) is 0.917. The fourth-order valence-corrected chi connectivity index (χ4v) is 3.83. The van der Waals surface area contributed by atoms with Crippen molar-refractivity contribution in [1.29, 1.82) is 0 Å². The first-order valence-electron chi connectivity index (χ1n) is 8.53. The van der Waals surface area contributed by atoms with E-state index in [0.29, 0.717) is 22.6 Å². The summed E-state index contributed by atoms with van der Waals surface area (Å²) < 4.78 is 10.8. The van der Waals surface area contributed by atoms with E-state index in [1.807, 2.05) is 19.9 Å². The Morgan fingerprint density at radius 2 is 1.88 bits per heavy atom. The molecular weight excluding hydrogens is 334 g/mol. The van der Waals surface area contributed by atoms with E-state index >= 15 is 0 Å². The lowest BCUT2D eigenvalue weighted by Gasteiger charge is -2.43. The van der Waals surface area contributed by atoms with Crippen molar-refractivity contribution < 1.29 is 24.2 Å². The summed E-state index contributed by atoms with van der Waals surface area (Å²) in [5, 5.41) is 10.0. The van der Waals surface area contributed by atoms with Crippen molar-refractivity contribution in [2.24, 2.45) is 0 Å². The van der Waals surface area contributed by atoms with E-state index in [2.05, 4.69) is 0 Å². The Balaban J connectivity index is 1.92. The van der Waals surface area contributed by atoms with Gasteiger partial charge in [-0.3, -0.25) is 9.59 Å². The molecule has 2 atom stereocenters. The van der Waals surface area contributed by atoms with E-state index in [1.54, 1.807) is 41.3 Å². The number of fused-ring (bicyclic) bond motifs is 2. The molecule has 2 aliphatic rings. The number of carbonyl (C=O) groups is 2. The summed E-state index contributed by atoms with van der Waals surface area (Å²) in [4.78, 5) is 27.0. The highest BCUT2D eigenvalue weighted by atomic mass is 16.7.